The predicted octanol–water partition coefficient (Wildman–Crippen LogP) is 3.88. The van der Waals surface area contributed by atoms with E-state index in [1.807, 2.05) is 37.3 Å². The van der Waals surface area contributed by atoms with Crippen molar-refractivity contribution in [2.75, 3.05) is 12.4 Å². The van der Waals surface area contributed by atoms with Crippen molar-refractivity contribution in [3.05, 3.63) is 59.4 Å². The molecule has 0 bridgehead atoms. The summed E-state index contributed by atoms with van der Waals surface area (Å²) < 4.78 is 18.2. The van der Waals surface area contributed by atoms with Crippen molar-refractivity contribution in [2.45, 2.75) is 13.0 Å². The summed E-state index contributed by atoms with van der Waals surface area (Å²) in [4.78, 5) is 0. The van der Waals surface area contributed by atoms with Crippen molar-refractivity contribution in [2.24, 2.45) is 0 Å². The molecule has 1 unspecified atom stereocenters. The Morgan fingerprint density at radius 2 is 1.90 bits per heavy atom. The predicted molar refractivity (Wildman–Crippen MR) is 76.1 cm³/mol. The molecule has 0 aliphatic carbocycles. The smallest absolute Gasteiger partial charge is 0.124 e. The third kappa shape index (κ3) is 3.07. The van der Waals surface area contributed by atoms with Crippen LogP contribution in [0, 0.1) is 17.1 Å². The number of anilines is 1. The highest BCUT2D eigenvalue weighted by atomic mass is 19.1. The second-order valence-corrected chi connectivity index (χ2v) is 4.44. The lowest BCUT2D eigenvalue weighted by atomic mass is 10.1. The maximum atomic E-state index is 13.1. The highest BCUT2D eigenvalue weighted by Crippen LogP contribution is 2.24. The standard InChI is InChI=1S/C16H15FN2O/c1-11(12-3-6-15(20-2)7-4-12)19-16-8-5-14(17)9-13(16)10-18/h3-9,11,19H,1-2H3. The molecule has 0 aromatic heterocycles. The van der Waals surface area contributed by atoms with Crippen LogP contribution in [0.15, 0.2) is 42.5 Å². The molecule has 2 aromatic carbocycles. The van der Waals surface area contributed by atoms with Gasteiger partial charge in [0.1, 0.15) is 17.6 Å². The molecule has 0 heterocycles. The fourth-order valence-electron chi connectivity index (χ4n) is 1.94. The van der Waals surface area contributed by atoms with Gasteiger partial charge >= 0.3 is 0 Å². The maximum absolute atomic E-state index is 13.1. The summed E-state index contributed by atoms with van der Waals surface area (Å²) in [7, 11) is 1.62. The van der Waals surface area contributed by atoms with Crippen LogP contribution < -0.4 is 10.1 Å². The summed E-state index contributed by atoms with van der Waals surface area (Å²) in [6, 6.07) is 13.8. The van der Waals surface area contributed by atoms with Crippen molar-refractivity contribution >= 4 is 5.69 Å². The van der Waals surface area contributed by atoms with Crippen molar-refractivity contribution in [3.8, 4) is 11.8 Å². The molecule has 2 rings (SSSR count). The fraction of sp³-hybridized carbons (Fsp3) is 0.188. The second kappa shape index (κ2) is 6.07. The van der Waals surface area contributed by atoms with Crippen LogP contribution in [0.1, 0.15) is 24.1 Å². The zero-order valence-electron chi connectivity index (χ0n) is 11.4. The van der Waals surface area contributed by atoms with Gasteiger partial charge in [0, 0.05) is 6.04 Å². The van der Waals surface area contributed by atoms with E-state index in [1.165, 1.54) is 12.1 Å². The number of nitriles is 1. The van der Waals surface area contributed by atoms with Crippen molar-refractivity contribution in [1.82, 2.24) is 0 Å². The molecule has 102 valence electrons. The van der Waals surface area contributed by atoms with E-state index in [-0.39, 0.29) is 6.04 Å². The third-order valence-electron chi connectivity index (χ3n) is 3.09. The Morgan fingerprint density at radius 3 is 2.50 bits per heavy atom. The van der Waals surface area contributed by atoms with E-state index >= 15 is 0 Å². The quantitative estimate of drug-likeness (QED) is 0.917. The molecule has 0 radical (unpaired) electrons. The molecule has 4 heteroatoms. The minimum Gasteiger partial charge on any atom is -0.497 e. The molecule has 0 saturated heterocycles. The van der Waals surface area contributed by atoms with Crippen LogP contribution in [0.2, 0.25) is 0 Å². The molecule has 0 amide bonds. The summed E-state index contributed by atoms with van der Waals surface area (Å²) in [5.41, 5.74) is 1.97. The average Bonchev–Trinajstić information content (AvgIpc) is 2.49. The van der Waals surface area contributed by atoms with Crippen LogP contribution in [-0.2, 0) is 0 Å². The fourth-order valence-corrected chi connectivity index (χ4v) is 1.94. The Labute approximate surface area is 117 Å². The van der Waals surface area contributed by atoms with E-state index in [4.69, 9.17) is 10.00 Å². The van der Waals surface area contributed by atoms with Crippen LogP contribution in [0.5, 0.6) is 5.75 Å². The zero-order valence-corrected chi connectivity index (χ0v) is 11.4. The number of halogens is 1. The van der Waals surface area contributed by atoms with Gasteiger partial charge in [-0.2, -0.15) is 5.26 Å². The van der Waals surface area contributed by atoms with Gasteiger partial charge in [0.2, 0.25) is 0 Å². The van der Waals surface area contributed by atoms with Crippen molar-refractivity contribution in [1.29, 1.82) is 5.26 Å². The summed E-state index contributed by atoms with van der Waals surface area (Å²) in [6.07, 6.45) is 0. The molecular weight excluding hydrogens is 255 g/mol. The number of methoxy groups -OCH3 is 1. The Hall–Kier alpha value is -2.54. The lowest BCUT2D eigenvalue weighted by Gasteiger charge is -2.17. The van der Waals surface area contributed by atoms with E-state index in [1.54, 1.807) is 13.2 Å². The average molecular weight is 270 g/mol. The lowest BCUT2D eigenvalue weighted by molar-refractivity contribution is 0.414. The molecule has 20 heavy (non-hydrogen) atoms. The van der Waals surface area contributed by atoms with E-state index in [2.05, 4.69) is 5.32 Å². The second-order valence-electron chi connectivity index (χ2n) is 4.44. The summed E-state index contributed by atoms with van der Waals surface area (Å²) >= 11 is 0. The van der Waals surface area contributed by atoms with Gasteiger partial charge in [-0.25, -0.2) is 4.39 Å². The van der Waals surface area contributed by atoms with Gasteiger partial charge < -0.3 is 10.1 Å². The van der Waals surface area contributed by atoms with E-state index < -0.39 is 5.82 Å². The third-order valence-corrected chi connectivity index (χ3v) is 3.09. The summed E-state index contributed by atoms with van der Waals surface area (Å²) in [5.74, 6) is 0.379. The minimum absolute atomic E-state index is 0.00142. The summed E-state index contributed by atoms with van der Waals surface area (Å²) in [6.45, 7) is 1.98. The number of nitrogens with one attached hydrogen (secondary N) is 1. The van der Waals surface area contributed by atoms with Gasteiger partial charge in [-0.3, -0.25) is 0 Å². The molecule has 0 spiro atoms. The van der Waals surface area contributed by atoms with Crippen molar-refractivity contribution in [3.63, 3.8) is 0 Å². The monoisotopic (exact) mass is 270 g/mol. The van der Waals surface area contributed by atoms with E-state index in [0.717, 1.165) is 11.3 Å². The highest BCUT2D eigenvalue weighted by molar-refractivity contribution is 5.58. The number of rotatable bonds is 4. The van der Waals surface area contributed by atoms with Crippen LogP contribution in [-0.4, -0.2) is 7.11 Å². The molecule has 0 fully saturated rings. The molecule has 1 N–H and O–H groups in total. The zero-order chi connectivity index (χ0) is 14.5. The molecule has 0 aliphatic rings. The van der Waals surface area contributed by atoms with Gasteiger partial charge in [0.05, 0.1) is 18.4 Å². The topological polar surface area (TPSA) is 45.0 Å². The molecular formula is C16H15FN2O. The summed E-state index contributed by atoms with van der Waals surface area (Å²) in [5, 5.41) is 12.2. The number of nitrogens with zero attached hydrogens (tertiary/aromatic N) is 1. The van der Waals surface area contributed by atoms with Crippen LogP contribution >= 0.6 is 0 Å². The van der Waals surface area contributed by atoms with Gasteiger partial charge in [-0.05, 0) is 42.8 Å². The molecule has 2 aromatic rings. The maximum Gasteiger partial charge on any atom is 0.124 e. The Bertz CT molecular complexity index is 632. The first-order chi connectivity index (χ1) is 9.63. The molecule has 1 atom stereocenters. The lowest BCUT2D eigenvalue weighted by Crippen LogP contribution is -2.08. The number of ether oxygens (including phenoxy) is 1. The molecule has 0 saturated carbocycles. The number of hydrogen-bond donors (Lipinski definition) is 1. The van der Waals surface area contributed by atoms with Crippen LogP contribution in [0.4, 0.5) is 10.1 Å². The number of hydrogen-bond acceptors (Lipinski definition) is 3. The Balaban J connectivity index is 2.18. The SMILES string of the molecule is COc1ccc(C(C)Nc2ccc(F)cc2C#N)cc1. The molecule has 0 aliphatic heterocycles. The largest absolute Gasteiger partial charge is 0.497 e. The van der Waals surface area contributed by atoms with Crippen molar-refractivity contribution < 1.29 is 9.13 Å². The Kier molecular flexibility index (Phi) is 4.21. The first-order valence-electron chi connectivity index (χ1n) is 6.24. The minimum atomic E-state index is -0.413. The van der Waals surface area contributed by atoms with Crippen LogP contribution in [0.3, 0.4) is 0 Å². The normalized spacial score (nSPS) is 11.5. The van der Waals surface area contributed by atoms with E-state index in [9.17, 15) is 4.39 Å². The first-order valence-corrected chi connectivity index (χ1v) is 6.24. The first kappa shape index (κ1) is 13.9. The van der Waals surface area contributed by atoms with Gasteiger partial charge in [-0.1, -0.05) is 12.1 Å². The molecule has 3 nitrogen and oxygen atoms in total. The van der Waals surface area contributed by atoms with Crippen LogP contribution in [0.25, 0.3) is 0 Å². The van der Waals surface area contributed by atoms with Gasteiger partial charge in [0.15, 0.2) is 0 Å². The van der Waals surface area contributed by atoms with Gasteiger partial charge in [0.25, 0.3) is 0 Å². The van der Waals surface area contributed by atoms with E-state index in [0.29, 0.717) is 11.3 Å². The van der Waals surface area contributed by atoms with Gasteiger partial charge in [-0.15, -0.1) is 0 Å². The number of benzene rings is 2. The Morgan fingerprint density at radius 1 is 1.20 bits per heavy atom. The highest BCUT2D eigenvalue weighted by Gasteiger charge is 2.09.